The van der Waals surface area contributed by atoms with Gasteiger partial charge in [0.25, 0.3) is 0 Å². The number of halogens is 3. The topological polar surface area (TPSA) is 81.7 Å². The smallest absolute Gasteiger partial charge is 0.406 e. The maximum Gasteiger partial charge on any atom is 0.573 e. The quantitative estimate of drug-likeness (QED) is 0.671. The third-order valence-electron chi connectivity index (χ3n) is 6.69. The van der Waals surface area contributed by atoms with Gasteiger partial charge in [-0.2, -0.15) is 5.10 Å². The molecule has 2 fully saturated rings. The molecule has 2 saturated heterocycles. The van der Waals surface area contributed by atoms with Gasteiger partial charge in [0.15, 0.2) is 0 Å². The van der Waals surface area contributed by atoms with Crippen LogP contribution in [0, 0.1) is 0 Å². The van der Waals surface area contributed by atoms with E-state index >= 15 is 0 Å². The minimum absolute atomic E-state index is 0.0178. The molecule has 0 bridgehead atoms. The van der Waals surface area contributed by atoms with Crippen molar-refractivity contribution in [2.75, 3.05) is 26.2 Å². The van der Waals surface area contributed by atoms with Gasteiger partial charge in [0.2, 0.25) is 0 Å². The average Bonchev–Trinajstić information content (AvgIpc) is 3.29. The lowest BCUT2D eigenvalue weighted by Crippen LogP contribution is -2.51. The fraction of sp³-hybridized carbons (Fsp3) is 0.583. The first-order chi connectivity index (χ1) is 16.1. The number of alkyl halides is 3. The second-order valence-electron chi connectivity index (χ2n) is 9.56. The lowest BCUT2D eigenvalue weighted by atomic mass is 9.83. The van der Waals surface area contributed by atoms with Crippen LogP contribution in [0.3, 0.4) is 0 Å². The molecule has 2 amide bonds. The van der Waals surface area contributed by atoms with Crippen molar-refractivity contribution in [3.05, 3.63) is 47.3 Å². The Morgan fingerprint density at radius 2 is 1.76 bits per heavy atom. The summed E-state index contributed by atoms with van der Waals surface area (Å²) in [5.74, 6) is -0.0327. The van der Waals surface area contributed by atoms with Gasteiger partial charge in [0.1, 0.15) is 5.75 Å². The van der Waals surface area contributed by atoms with Crippen LogP contribution >= 0.6 is 0 Å². The number of carbonyl (C=O) groups excluding carboxylic acids is 1. The maximum absolute atomic E-state index is 13.3. The lowest BCUT2D eigenvalue weighted by molar-refractivity contribution is -0.274. The van der Waals surface area contributed by atoms with Crippen LogP contribution in [-0.2, 0) is 0 Å². The first kappa shape index (κ1) is 24.4. The average molecular weight is 481 g/mol. The molecule has 0 aliphatic carbocycles. The molecule has 3 heterocycles. The van der Waals surface area contributed by atoms with E-state index in [0.717, 1.165) is 23.4 Å². The van der Waals surface area contributed by atoms with Crippen LogP contribution < -0.4 is 4.74 Å². The monoisotopic (exact) mass is 480 g/mol. The summed E-state index contributed by atoms with van der Waals surface area (Å²) in [7, 11) is 0. The fourth-order valence-electron chi connectivity index (χ4n) is 4.78. The molecule has 2 aromatic rings. The molecule has 2 aliphatic heterocycles. The summed E-state index contributed by atoms with van der Waals surface area (Å²) >= 11 is 0. The summed E-state index contributed by atoms with van der Waals surface area (Å²) in [4.78, 5) is 16.9. The van der Waals surface area contributed by atoms with Crippen LogP contribution in [0.15, 0.2) is 30.3 Å². The zero-order valence-electron chi connectivity index (χ0n) is 19.4. The highest BCUT2D eigenvalue weighted by Gasteiger charge is 2.36. The third-order valence-corrected chi connectivity index (χ3v) is 6.69. The minimum Gasteiger partial charge on any atom is -0.406 e. The molecular formula is C24H31F3N4O3. The third kappa shape index (κ3) is 5.84. The summed E-state index contributed by atoms with van der Waals surface area (Å²) < 4.78 is 41.6. The SMILES string of the molecule is CC(C)c1cc(C2CC(c3ccc(OC(F)(F)F)cc3)CN(C(=O)N3CCC(O)CC3)C2)[nH]n1. The zero-order chi connectivity index (χ0) is 24.5. The van der Waals surface area contributed by atoms with E-state index in [1.165, 1.54) is 12.1 Å². The predicted octanol–water partition coefficient (Wildman–Crippen LogP) is 4.58. The van der Waals surface area contributed by atoms with Crippen molar-refractivity contribution in [1.82, 2.24) is 20.0 Å². The van der Waals surface area contributed by atoms with Crippen molar-refractivity contribution < 1.29 is 27.8 Å². The molecule has 1 aromatic heterocycles. The first-order valence-corrected chi connectivity index (χ1v) is 11.7. The van der Waals surface area contributed by atoms with Gasteiger partial charge in [0.05, 0.1) is 11.8 Å². The van der Waals surface area contributed by atoms with Gasteiger partial charge in [-0.1, -0.05) is 26.0 Å². The standard InChI is InChI=1S/C24H31F3N4O3/c1-15(2)21-12-22(29-28-21)18-11-17(16-3-5-20(6-4-16)34-24(25,26)27)13-31(14-18)23(33)30-9-7-19(32)8-10-30/h3-6,12,15,17-19,32H,7-11,13-14H2,1-2H3,(H,28,29). The number of aromatic amines is 1. The van der Waals surface area contributed by atoms with E-state index in [1.807, 2.05) is 11.0 Å². The number of aromatic nitrogens is 2. The van der Waals surface area contributed by atoms with Gasteiger partial charge in [-0.3, -0.25) is 5.10 Å². The molecule has 2 aliphatic rings. The second-order valence-corrected chi connectivity index (χ2v) is 9.56. The first-order valence-electron chi connectivity index (χ1n) is 11.7. The van der Waals surface area contributed by atoms with Crippen molar-refractivity contribution >= 4 is 6.03 Å². The molecule has 7 nitrogen and oxygen atoms in total. The van der Waals surface area contributed by atoms with Crippen LogP contribution in [0.4, 0.5) is 18.0 Å². The number of rotatable bonds is 4. The highest BCUT2D eigenvalue weighted by atomic mass is 19.4. The summed E-state index contributed by atoms with van der Waals surface area (Å²) in [6.45, 7) is 6.15. The minimum atomic E-state index is -4.74. The number of benzene rings is 1. The summed E-state index contributed by atoms with van der Waals surface area (Å²) in [5.41, 5.74) is 2.76. The van der Waals surface area contributed by atoms with Crippen molar-refractivity contribution in [1.29, 1.82) is 0 Å². The molecule has 4 rings (SSSR count). The number of hydrogen-bond donors (Lipinski definition) is 2. The Balaban J connectivity index is 1.55. The Kier molecular flexibility index (Phi) is 7.06. The predicted molar refractivity (Wildman–Crippen MR) is 120 cm³/mol. The number of H-pyrrole nitrogens is 1. The van der Waals surface area contributed by atoms with Crippen LogP contribution in [0.2, 0.25) is 0 Å². The van der Waals surface area contributed by atoms with E-state index < -0.39 is 6.36 Å². The van der Waals surface area contributed by atoms with Crippen molar-refractivity contribution in [3.8, 4) is 5.75 Å². The number of nitrogens with one attached hydrogen (secondary N) is 1. The number of carbonyl (C=O) groups is 1. The fourth-order valence-corrected chi connectivity index (χ4v) is 4.78. The number of urea groups is 1. The molecule has 0 radical (unpaired) electrons. The largest absolute Gasteiger partial charge is 0.573 e. The number of amides is 2. The highest BCUT2D eigenvalue weighted by molar-refractivity contribution is 5.75. The molecule has 0 spiro atoms. The molecule has 34 heavy (non-hydrogen) atoms. The zero-order valence-corrected chi connectivity index (χ0v) is 19.4. The van der Waals surface area contributed by atoms with Crippen LogP contribution in [0.25, 0.3) is 0 Å². The second kappa shape index (κ2) is 9.85. The molecule has 0 saturated carbocycles. The number of nitrogens with zero attached hydrogens (tertiary/aromatic N) is 3. The van der Waals surface area contributed by atoms with E-state index in [-0.39, 0.29) is 35.6 Å². The normalized spacial score (nSPS) is 22.3. The molecule has 10 heteroatoms. The number of aliphatic hydroxyl groups is 1. The molecular weight excluding hydrogens is 449 g/mol. The van der Waals surface area contributed by atoms with E-state index in [2.05, 4.69) is 28.8 Å². The number of piperidine rings is 2. The summed E-state index contributed by atoms with van der Waals surface area (Å²) in [5, 5.41) is 17.3. The molecule has 2 unspecified atom stereocenters. The number of likely N-dealkylation sites (tertiary alicyclic amines) is 2. The van der Waals surface area contributed by atoms with E-state index in [9.17, 15) is 23.1 Å². The van der Waals surface area contributed by atoms with Crippen LogP contribution in [0.1, 0.15) is 67.8 Å². The molecule has 2 N–H and O–H groups in total. The summed E-state index contributed by atoms with van der Waals surface area (Å²) in [6, 6.07) is 7.89. The van der Waals surface area contributed by atoms with Crippen LogP contribution in [-0.4, -0.2) is 69.8 Å². The molecule has 186 valence electrons. The van der Waals surface area contributed by atoms with E-state index in [1.54, 1.807) is 17.0 Å². The van der Waals surface area contributed by atoms with Gasteiger partial charge in [0, 0.05) is 43.7 Å². The van der Waals surface area contributed by atoms with E-state index in [0.29, 0.717) is 39.0 Å². The Labute approximate surface area is 196 Å². The number of ether oxygens (including phenoxy) is 1. The van der Waals surface area contributed by atoms with Crippen molar-refractivity contribution in [2.24, 2.45) is 0 Å². The van der Waals surface area contributed by atoms with Gasteiger partial charge in [-0.25, -0.2) is 4.79 Å². The van der Waals surface area contributed by atoms with E-state index in [4.69, 9.17) is 0 Å². The number of aliphatic hydroxyl groups excluding tert-OH is 1. The van der Waals surface area contributed by atoms with Crippen molar-refractivity contribution in [2.45, 2.75) is 63.3 Å². The Morgan fingerprint density at radius 3 is 2.35 bits per heavy atom. The lowest BCUT2D eigenvalue weighted by Gasteiger charge is -2.41. The van der Waals surface area contributed by atoms with Gasteiger partial charge >= 0.3 is 12.4 Å². The Morgan fingerprint density at radius 1 is 1.12 bits per heavy atom. The number of hydrogen-bond acceptors (Lipinski definition) is 4. The van der Waals surface area contributed by atoms with Gasteiger partial charge in [-0.05, 0) is 48.9 Å². The van der Waals surface area contributed by atoms with Crippen LogP contribution in [0.5, 0.6) is 5.75 Å². The Hall–Kier alpha value is -2.75. The molecule has 2 atom stereocenters. The highest BCUT2D eigenvalue weighted by Crippen LogP contribution is 2.37. The Bertz CT molecular complexity index is 969. The maximum atomic E-state index is 13.3. The van der Waals surface area contributed by atoms with Gasteiger partial charge < -0.3 is 19.6 Å². The molecule has 1 aromatic carbocycles. The van der Waals surface area contributed by atoms with Gasteiger partial charge in [-0.15, -0.1) is 13.2 Å². The van der Waals surface area contributed by atoms with Crippen molar-refractivity contribution in [3.63, 3.8) is 0 Å². The summed E-state index contributed by atoms with van der Waals surface area (Å²) in [6.07, 6.45) is -3.25.